The first-order valence-electron chi connectivity index (χ1n) is 16.8. The Labute approximate surface area is 297 Å². The number of anilines is 2. The van der Waals surface area contributed by atoms with E-state index in [0.29, 0.717) is 94.2 Å². The van der Waals surface area contributed by atoms with E-state index >= 15 is 0 Å². The van der Waals surface area contributed by atoms with Crippen LogP contribution in [0.5, 0.6) is 0 Å². The molecule has 0 spiro atoms. The third kappa shape index (κ3) is 15.2. The van der Waals surface area contributed by atoms with Crippen molar-refractivity contribution in [2.45, 2.75) is 26.2 Å². The number of rotatable bonds is 24. The number of aromatic amines is 1. The lowest BCUT2D eigenvalue weighted by Crippen LogP contribution is -2.28. The molecule has 0 atom stereocenters. The second-order valence-electron chi connectivity index (χ2n) is 10.9. The van der Waals surface area contributed by atoms with Crippen molar-refractivity contribution in [2.24, 2.45) is 0 Å². The van der Waals surface area contributed by atoms with E-state index < -0.39 is 0 Å². The smallest absolute Gasteiger partial charge is 0.254 e. The van der Waals surface area contributed by atoms with Gasteiger partial charge in [0, 0.05) is 55.2 Å². The second-order valence-corrected chi connectivity index (χ2v) is 10.9. The summed E-state index contributed by atoms with van der Waals surface area (Å²) in [6.07, 6.45) is 11.2. The lowest BCUT2D eigenvalue weighted by molar-refractivity contribution is -0.109. The molecule has 0 aliphatic heterocycles. The van der Waals surface area contributed by atoms with Crippen molar-refractivity contribution in [2.75, 3.05) is 90.6 Å². The van der Waals surface area contributed by atoms with E-state index in [1.807, 2.05) is 25.4 Å². The van der Waals surface area contributed by atoms with Gasteiger partial charge in [-0.2, -0.15) is 0 Å². The Morgan fingerprint density at radius 1 is 0.863 bits per heavy atom. The Morgan fingerprint density at radius 3 is 2.20 bits per heavy atom. The van der Waals surface area contributed by atoms with Crippen molar-refractivity contribution in [1.29, 1.82) is 5.41 Å². The van der Waals surface area contributed by atoms with Crippen molar-refractivity contribution < 1.29 is 28.5 Å². The number of hydrogen-bond donors (Lipinski definition) is 6. The molecule has 0 saturated carbocycles. The average Bonchev–Trinajstić information content (AvgIpc) is 3.62. The largest absolute Gasteiger partial charge is 0.383 e. The topological polar surface area (TPSA) is 237 Å². The highest BCUT2D eigenvalue weighted by Crippen LogP contribution is 2.23. The fraction of sp³-hybridized carbons (Fsp3) is 0.471. The van der Waals surface area contributed by atoms with Crippen LogP contribution >= 0.6 is 0 Å². The Bertz CT molecular complexity index is 1600. The number of aryl methyl sites for hydroxylation is 1. The molecule has 0 aliphatic rings. The first-order valence-corrected chi connectivity index (χ1v) is 16.8. The van der Waals surface area contributed by atoms with Crippen LogP contribution in [0.1, 0.15) is 46.6 Å². The summed E-state index contributed by atoms with van der Waals surface area (Å²) in [7, 11) is 1.94. The number of amides is 1. The first-order chi connectivity index (χ1) is 24.9. The summed E-state index contributed by atoms with van der Waals surface area (Å²) in [5.41, 5.74) is 8.68. The van der Waals surface area contributed by atoms with Crippen LogP contribution in [0.15, 0.2) is 43.2 Å². The fourth-order valence-electron chi connectivity index (χ4n) is 4.38. The number of hydrogen-bond acceptors (Lipinski definition) is 15. The molecule has 7 N–H and O–H groups in total. The van der Waals surface area contributed by atoms with Gasteiger partial charge in [-0.1, -0.05) is 0 Å². The second kappa shape index (κ2) is 24.2. The van der Waals surface area contributed by atoms with E-state index in [4.69, 9.17) is 30.1 Å². The number of carbonyl (C=O) groups is 2. The molecule has 4 aromatic heterocycles. The van der Waals surface area contributed by atoms with E-state index in [1.165, 1.54) is 18.7 Å². The molecule has 0 saturated heterocycles. The van der Waals surface area contributed by atoms with Crippen molar-refractivity contribution >= 4 is 40.6 Å². The maximum atomic E-state index is 11.8. The first kappa shape index (κ1) is 40.5. The van der Waals surface area contributed by atoms with Crippen LogP contribution in [-0.2, 0) is 23.7 Å². The predicted molar refractivity (Wildman–Crippen MR) is 193 cm³/mol. The van der Waals surface area contributed by atoms with Crippen LogP contribution in [0.3, 0.4) is 0 Å². The summed E-state index contributed by atoms with van der Waals surface area (Å²) < 4.78 is 21.2. The van der Waals surface area contributed by atoms with Gasteiger partial charge < -0.3 is 50.4 Å². The number of ether oxygens (including phenoxy) is 4. The molecule has 4 aromatic rings. The third-order valence-corrected chi connectivity index (χ3v) is 7.03. The molecule has 4 heterocycles. The summed E-state index contributed by atoms with van der Waals surface area (Å²) in [5, 5.41) is 18.6. The summed E-state index contributed by atoms with van der Waals surface area (Å²) in [4.78, 5) is 45.5. The van der Waals surface area contributed by atoms with Gasteiger partial charge in [-0.25, -0.2) is 24.9 Å². The molecule has 276 valence electrons. The van der Waals surface area contributed by atoms with E-state index in [9.17, 15) is 9.59 Å². The Kier molecular flexibility index (Phi) is 19.3. The number of H-pyrrole nitrogens is 1. The minimum Gasteiger partial charge on any atom is -0.383 e. The predicted octanol–water partition coefficient (Wildman–Crippen LogP) is 1.93. The SMILES string of the molecule is CNCCCCNc1ncnc(N)c1C(=N)c1cnc2[nH]ccc2c1.Cc1ncc(C(=O)NCCOCCOCCOCCOCCC=O)cn1. The van der Waals surface area contributed by atoms with Crippen LogP contribution in [0.4, 0.5) is 11.6 Å². The van der Waals surface area contributed by atoms with Crippen molar-refractivity contribution in [3.8, 4) is 0 Å². The summed E-state index contributed by atoms with van der Waals surface area (Å²) in [5.74, 6) is 1.26. The molecule has 0 aliphatic carbocycles. The van der Waals surface area contributed by atoms with Crippen molar-refractivity contribution in [3.63, 3.8) is 0 Å². The van der Waals surface area contributed by atoms with Gasteiger partial charge in [-0.05, 0) is 45.5 Å². The monoisotopic (exact) mass is 707 g/mol. The van der Waals surface area contributed by atoms with Gasteiger partial charge >= 0.3 is 0 Å². The minimum absolute atomic E-state index is 0.225. The maximum absolute atomic E-state index is 11.8. The zero-order chi connectivity index (χ0) is 36.5. The van der Waals surface area contributed by atoms with Crippen molar-refractivity contribution in [3.05, 3.63) is 65.8 Å². The fourth-order valence-corrected chi connectivity index (χ4v) is 4.38. The van der Waals surface area contributed by atoms with Crippen LogP contribution in [0.2, 0.25) is 0 Å². The quantitative estimate of drug-likeness (QED) is 0.0347. The summed E-state index contributed by atoms with van der Waals surface area (Å²) in [6, 6.07) is 3.83. The Hall–Kier alpha value is -4.94. The van der Waals surface area contributed by atoms with Gasteiger partial charge in [0.15, 0.2) is 0 Å². The molecular weight excluding hydrogens is 658 g/mol. The van der Waals surface area contributed by atoms with E-state index in [-0.39, 0.29) is 17.4 Å². The number of nitrogens with zero attached hydrogens (tertiary/aromatic N) is 5. The number of pyridine rings is 1. The maximum Gasteiger partial charge on any atom is 0.254 e. The molecule has 0 aromatic carbocycles. The third-order valence-electron chi connectivity index (χ3n) is 7.03. The highest BCUT2D eigenvalue weighted by Gasteiger charge is 2.17. The van der Waals surface area contributed by atoms with Crippen LogP contribution < -0.4 is 21.7 Å². The standard InChI is InChI=1S/C17H22N8.C17H27N3O6/c1-20-5-2-3-6-21-17-13(15(19)24-10-25-17)14(18)12-8-11-4-7-22-16(11)23-9-12;1-15-19-13-16(14-20-15)17(22)18-3-6-24-8-10-26-12-11-25-9-7-23-5-2-4-21/h4,7-10,18,20H,2-3,5-6H2,1H3,(H,22,23)(H3,19,21,24,25);4,13-14H,2-3,5-12H2,1H3,(H,18,22). The number of aromatic nitrogens is 6. The van der Waals surface area contributed by atoms with Gasteiger partial charge in [0.2, 0.25) is 0 Å². The lowest BCUT2D eigenvalue weighted by Gasteiger charge is -2.13. The minimum atomic E-state index is -0.225. The highest BCUT2D eigenvalue weighted by atomic mass is 16.6. The highest BCUT2D eigenvalue weighted by molar-refractivity contribution is 6.16. The molecule has 17 heteroatoms. The van der Waals surface area contributed by atoms with E-state index in [2.05, 4.69) is 45.9 Å². The zero-order valence-corrected chi connectivity index (χ0v) is 29.3. The van der Waals surface area contributed by atoms with Gasteiger partial charge in [0.1, 0.15) is 35.7 Å². The number of aldehydes is 1. The molecule has 17 nitrogen and oxygen atoms in total. The number of nitrogens with two attached hydrogens (primary N) is 1. The zero-order valence-electron chi connectivity index (χ0n) is 29.3. The average molecular weight is 708 g/mol. The molecule has 0 unspecified atom stereocenters. The number of nitrogen functional groups attached to an aromatic ring is 1. The van der Waals surface area contributed by atoms with Gasteiger partial charge in [-0.15, -0.1) is 0 Å². The van der Waals surface area contributed by atoms with Crippen LogP contribution in [-0.4, -0.2) is 127 Å². The molecule has 1 amide bonds. The van der Waals surface area contributed by atoms with E-state index in [0.717, 1.165) is 43.3 Å². The van der Waals surface area contributed by atoms with Crippen LogP contribution in [0.25, 0.3) is 11.0 Å². The molecule has 51 heavy (non-hydrogen) atoms. The lowest BCUT2D eigenvalue weighted by atomic mass is 10.0. The van der Waals surface area contributed by atoms with E-state index in [1.54, 1.807) is 13.1 Å². The number of nitrogens with one attached hydrogen (secondary N) is 5. The number of fused-ring (bicyclic) bond motifs is 1. The summed E-state index contributed by atoms with van der Waals surface area (Å²) >= 11 is 0. The van der Waals surface area contributed by atoms with Gasteiger partial charge in [0.25, 0.3) is 5.91 Å². The van der Waals surface area contributed by atoms with Crippen LogP contribution in [0, 0.1) is 12.3 Å². The number of carbonyl (C=O) groups excluding carboxylic acids is 2. The molecular formula is C34H49N11O6. The molecule has 0 radical (unpaired) electrons. The van der Waals surface area contributed by atoms with Gasteiger partial charge in [0.05, 0.1) is 69.7 Å². The molecule has 0 bridgehead atoms. The molecule has 4 rings (SSSR count). The Morgan fingerprint density at radius 2 is 1.51 bits per heavy atom. The van der Waals surface area contributed by atoms with Gasteiger partial charge in [-0.3, -0.25) is 10.2 Å². The normalized spacial score (nSPS) is 10.8. The summed E-state index contributed by atoms with van der Waals surface area (Å²) in [6.45, 7) is 7.52. The Balaban J connectivity index is 0.000000275. The molecule has 0 fully saturated rings. The number of unbranched alkanes of at least 4 members (excludes halogenated alkanes) is 1. The van der Waals surface area contributed by atoms with Crippen molar-refractivity contribution in [1.82, 2.24) is 40.5 Å².